The largest absolute Gasteiger partial charge is 0.311 e. The predicted octanol–water partition coefficient (Wildman–Crippen LogP) is -0.299. The number of nitrogens with one attached hydrogen (secondary N) is 1. The van der Waals surface area contributed by atoms with E-state index in [1.165, 1.54) is 11.0 Å². The summed E-state index contributed by atoms with van der Waals surface area (Å²) in [5.41, 5.74) is 0.452. The van der Waals surface area contributed by atoms with Crippen LogP contribution in [0.4, 0.5) is 0 Å². The summed E-state index contributed by atoms with van der Waals surface area (Å²) >= 11 is 0. The molecule has 0 saturated heterocycles. The van der Waals surface area contributed by atoms with Crippen LogP contribution in [0.25, 0.3) is 11.2 Å². The van der Waals surface area contributed by atoms with Crippen molar-refractivity contribution in [1.82, 2.24) is 25.0 Å². The molecule has 0 aliphatic heterocycles. The Hall–Kier alpha value is -1.98. The summed E-state index contributed by atoms with van der Waals surface area (Å²) in [4.78, 5) is 17.5. The monoisotopic (exact) mass is 177 g/mol. The van der Waals surface area contributed by atoms with Crippen molar-refractivity contribution >= 4 is 11.2 Å². The van der Waals surface area contributed by atoms with E-state index in [0.717, 1.165) is 0 Å². The van der Waals surface area contributed by atoms with Crippen LogP contribution in [0, 0.1) is 0 Å². The van der Waals surface area contributed by atoms with E-state index in [1.807, 2.05) is 0 Å². The van der Waals surface area contributed by atoms with Gasteiger partial charge in [0.25, 0.3) is 5.56 Å². The Morgan fingerprint density at radius 3 is 3.31 bits per heavy atom. The van der Waals surface area contributed by atoms with E-state index in [4.69, 9.17) is 0 Å². The maximum absolute atomic E-state index is 11.2. The zero-order chi connectivity index (χ0) is 9.26. The predicted molar refractivity (Wildman–Crippen MR) is 46.1 cm³/mol. The number of hydrogen-bond acceptors (Lipinski definition) is 4. The number of hydrogen-bond donors (Lipinski definition) is 1. The summed E-state index contributed by atoms with van der Waals surface area (Å²) < 4.78 is 1.51. The van der Waals surface area contributed by atoms with Gasteiger partial charge >= 0.3 is 0 Å². The van der Waals surface area contributed by atoms with E-state index in [2.05, 4.69) is 26.9 Å². The molecule has 2 aromatic rings. The standard InChI is InChI=1S/C7H7N5O/c1-2-3-12-6-5(10-11-12)7(13)9-4-8-6/h2,4H,1,3H2,(H,8,9,13). The molecule has 0 fully saturated rings. The van der Waals surface area contributed by atoms with Crippen molar-refractivity contribution in [2.24, 2.45) is 0 Å². The van der Waals surface area contributed by atoms with E-state index < -0.39 is 0 Å². The third-order valence-electron chi connectivity index (χ3n) is 1.61. The Labute approximate surface area is 72.9 Å². The first-order valence-corrected chi connectivity index (χ1v) is 3.70. The molecule has 6 heteroatoms. The number of fused-ring (bicyclic) bond motifs is 1. The molecule has 13 heavy (non-hydrogen) atoms. The van der Waals surface area contributed by atoms with Crippen LogP contribution in [-0.2, 0) is 6.54 Å². The fourth-order valence-electron chi connectivity index (χ4n) is 1.05. The molecule has 0 amide bonds. The Bertz CT molecular complexity index is 497. The number of allylic oxidation sites excluding steroid dienone is 1. The van der Waals surface area contributed by atoms with Gasteiger partial charge in [0.05, 0.1) is 12.9 Å². The third-order valence-corrected chi connectivity index (χ3v) is 1.61. The number of aromatic nitrogens is 5. The van der Waals surface area contributed by atoms with Gasteiger partial charge in [0.2, 0.25) is 0 Å². The van der Waals surface area contributed by atoms with Gasteiger partial charge in [-0.05, 0) is 0 Å². The molecule has 0 spiro atoms. The maximum Gasteiger partial charge on any atom is 0.280 e. The second-order valence-electron chi connectivity index (χ2n) is 2.46. The van der Waals surface area contributed by atoms with Crippen molar-refractivity contribution in [3.8, 4) is 0 Å². The highest BCUT2D eigenvalue weighted by molar-refractivity contribution is 5.67. The summed E-state index contributed by atoms with van der Waals surface area (Å²) in [5, 5.41) is 7.45. The molecule has 2 rings (SSSR count). The van der Waals surface area contributed by atoms with E-state index in [9.17, 15) is 4.79 Å². The minimum absolute atomic E-state index is 0.254. The van der Waals surface area contributed by atoms with Gasteiger partial charge in [-0.15, -0.1) is 11.7 Å². The third kappa shape index (κ3) is 1.12. The Balaban J connectivity index is 2.75. The van der Waals surface area contributed by atoms with Crippen LogP contribution in [0.15, 0.2) is 23.8 Å². The highest BCUT2D eigenvalue weighted by Gasteiger charge is 2.06. The second kappa shape index (κ2) is 2.81. The molecule has 66 valence electrons. The summed E-state index contributed by atoms with van der Waals surface area (Å²) in [6, 6.07) is 0. The van der Waals surface area contributed by atoms with E-state index in [1.54, 1.807) is 6.08 Å². The first-order chi connectivity index (χ1) is 6.33. The number of H-pyrrole nitrogens is 1. The van der Waals surface area contributed by atoms with Crippen LogP contribution in [0.2, 0.25) is 0 Å². The highest BCUT2D eigenvalue weighted by atomic mass is 16.1. The first kappa shape index (κ1) is 7.66. The van der Waals surface area contributed by atoms with Crippen molar-refractivity contribution in [2.45, 2.75) is 6.54 Å². The lowest BCUT2D eigenvalue weighted by Gasteiger charge is -1.93. The lowest BCUT2D eigenvalue weighted by Crippen LogP contribution is -2.07. The molecule has 0 radical (unpaired) electrons. The van der Waals surface area contributed by atoms with Crippen LogP contribution in [0.1, 0.15) is 0 Å². The quantitative estimate of drug-likeness (QED) is 0.639. The maximum atomic E-state index is 11.2. The summed E-state index contributed by atoms with van der Waals surface area (Å²) in [7, 11) is 0. The zero-order valence-corrected chi connectivity index (χ0v) is 6.77. The van der Waals surface area contributed by atoms with Gasteiger partial charge < -0.3 is 4.98 Å². The second-order valence-corrected chi connectivity index (χ2v) is 2.46. The molecule has 6 nitrogen and oxygen atoms in total. The number of aromatic amines is 1. The molecule has 2 heterocycles. The lowest BCUT2D eigenvalue weighted by molar-refractivity contribution is 0.677. The molecule has 0 saturated carbocycles. The van der Waals surface area contributed by atoms with Crippen molar-refractivity contribution in [1.29, 1.82) is 0 Å². The first-order valence-electron chi connectivity index (χ1n) is 3.70. The Kier molecular flexibility index (Phi) is 1.66. The number of nitrogens with zero attached hydrogens (tertiary/aromatic N) is 4. The topological polar surface area (TPSA) is 76.5 Å². The van der Waals surface area contributed by atoms with E-state index in [0.29, 0.717) is 12.2 Å². The molecule has 2 aromatic heterocycles. The highest BCUT2D eigenvalue weighted by Crippen LogP contribution is 1.99. The van der Waals surface area contributed by atoms with Gasteiger partial charge in [0.15, 0.2) is 11.2 Å². The minimum atomic E-state index is -0.277. The van der Waals surface area contributed by atoms with Gasteiger partial charge in [-0.2, -0.15) is 0 Å². The smallest absolute Gasteiger partial charge is 0.280 e. The minimum Gasteiger partial charge on any atom is -0.311 e. The molecular formula is C7H7N5O. The molecule has 0 bridgehead atoms. The lowest BCUT2D eigenvalue weighted by atomic mass is 10.5. The van der Waals surface area contributed by atoms with Gasteiger partial charge in [-0.3, -0.25) is 4.79 Å². The van der Waals surface area contributed by atoms with Crippen molar-refractivity contribution < 1.29 is 0 Å². The molecule has 0 atom stereocenters. The molecule has 0 aliphatic rings. The van der Waals surface area contributed by atoms with E-state index >= 15 is 0 Å². The summed E-state index contributed by atoms with van der Waals surface area (Å²) in [6.45, 7) is 4.06. The van der Waals surface area contributed by atoms with Gasteiger partial charge in [-0.25, -0.2) is 9.67 Å². The van der Waals surface area contributed by atoms with Crippen LogP contribution in [0.3, 0.4) is 0 Å². The number of rotatable bonds is 2. The fourth-order valence-corrected chi connectivity index (χ4v) is 1.05. The Morgan fingerprint density at radius 1 is 1.69 bits per heavy atom. The van der Waals surface area contributed by atoms with Crippen LogP contribution < -0.4 is 5.56 Å². The molecule has 0 unspecified atom stereocenters. The molecule has 0 aliphatic carbocycles. The van der Waals surface area contributed by atoms with Crippen LogP contribution in [-0.4, -0.2) is 25.0 Å². The van der Waals surface area contributed by atoms with Crippen molar-refractivity contribution in [3.63, 3.8) is 0 Å². The molecule has 0 aromatic carbocycles. The zero-order valence-electron chi connectivity index (χ0n) is 6.77. The molecule has 1 N–H and O–H groups in total. The van der Waals surface area contributed by atoms with Crippen molar-refractivity contribution in [2.75, 3.05) is 0 Å². The van der Waals surface area contributed by atoms with Crippen LogP contribution >= 0.6 is 0 Å². The van der Waals surface area contributed by atoms with E-state index in [-0.39, 0.29) is 11.1 Å². The Morgan fingerprint density at radius 2 is 2.54 bits per heavy atom. The normalized spacial score (nSPS) is 10.5. The SMILES string of the molecule is C=CCn1nnc2c(=O)[nH]cnc21. The average molecular weight is 177 g/mol. The fraction of sp³-hybridized carbons (Fsp3) is 0.143. The average Bonchev–Trinajstić information content (AvgIpc) is 2.51. The van der Waals surface area contributed by atoms with Crippen molar-refractivity contribution in [3.05, 3.63) is 29.3 Å². The van der Waals surface area contributed by atoms with Gasteiger partial charge in [-0.1, -0.05) is 11.3 Å². The van der Waals surface area contributed by atoms with Gasteiger partial charge in [0.1, 0.15) is 0 Å². The summed E-state index contributed by atoms with van der Waals surface area (Å²) in [5.74, 6) is 0. The molecular weight excluding hydrogens is 170 g/mol. The van der Waals surface area contributed by atoms with Gasteiger partial charge in [0, 0.05) is 0 Å². The summed E-state index contributed by atoms with van der Waals surface area (Å²) in [6.07, 6.45) is 2.99. The van der Waals surface area contributed by atoms with Crippen LogP contribution in [0.5, 0.6) is 0 Å².